The van der Waals surface area contributed by atoms with E-state index in [9.17, 15) is 29.6 Å². The lowest BCUT2D eigenvalue weighted by Crippen LogP contribution is -2.57. The number of hydrogen-bond donors (Lipinski definition) is 3. The van der Waals surface area contributed by atoms with E-state index in [0.717, 1.165) is 33.1 Å². The molecule has 4 unspecified atom stereocenters. The maximum atomic E-state index is 14.2. The van der Waals surface area contributed by atoms with Gasteiger partial charge in [-0.05, 0) is 33.2 Å². The molecule has 5 aromatic rings. The molecule has 242 valence electrons. The Morgan fingerprint density at radius 2 is 1.67 bits per heavy atom. The number of carbonyl (C=O) groups excluding carboxylic acids is 2. The molecule has 2 aromatic heterocycles. The van der Waals surface area contributed by atoms with E-state index in [0.29, 0.717) is 17.0 Å². The zero-order chi connectivity index (χ0) is 33.6. The molecule has 3 N–H and O–H groups in total. The number of rotatable bonds is 10. The SMILES string of the molecule is Cc1ncc([N+](=O)[O-])n1CCN1C(=O)C2C(c3ccc(/C=C/c4ccccc4)cc3)NC(Cc3c[nH]c4ccccc34)(C(=O)O)C2C1=O. The number of para-hydroxylation sites is 1. The number of carbonyl (C=O) groups is 3. The minimum atomic E-state index is -1.81. The number of hydrogen-bond acceptors (Lipinski definition) is 7. The summed E-state index contributed by atoms with van der Waals surface area (Å²) < 4.78 is 1.34. The van der Waals surface area contributed by atoms with Gasteiger partial charge in [-0.2, -0.15) is 0 Å². The minimum absolute atomic E-state index is 0.0534. The number of aromatic amines is 1. The molecule has 0 bridgehead atoms. The molecule has 4 heterocycles. The molecule has 12 nitrogen and oxygen atoms in total. The van der Waals surface area contributed by atoms with E-state index in [1.165, 1.54) is 4.57 Å². The van der Waals surface area contributed by atoms with E-state index in [-0.39, 0.29) is 25.3 Å². The Morgan fingerprint density at radius 1 is 0.979 bits per heavy atom. The van der Waals surface area contributed by atoms with E-state index >= 15 is 0 Å². The monoisotopic (exact) mass is 644 g/mol. The van der Waals surface area contributed by atoms with Crippen LogP contribution in [-0.4, -0.2) is 59.3 Å². The summed E-state index contributed by atoms with van der Waals surface area (Å²) in [6.07, 6.45) is 6.77. The second kappa shape index (κ2) is 12.0. The third-order valence-electron chi connectivity index (χ3n) is 9.60. The van der Waals surface area contributed by atoms with Crippen LogP contribution in [0, 0.1) is 28.9 Å². The summed E-state index contributed by atoms with van der Waals surface area (Å²) in [6.45, 7) is 1.38. The molecule has 2 fully saturated rings. The molecular weight excluding hydrogens is 612 g/mol. The van der Waals surface area contributed by atoms with Crippen molar-refractivity contribution in [3.63, 3.8) is 0 Å². The van der Waals surface area contributed by atoms with Gasteiger partial charge in [-0.15, -0.1) is 0 Å². The van der Waals surface area contributed by atoms with Crippen molar-refractivity contribution in [2.24, 2.45) is 11.8 Å². The molecule has 0 saturated carbocycles. The lowest BCUT2D eigenvalue weighted by atomic mass is 9.76. The highest BCUT2D eigenvalue weighted by Crippen LogP contribution is 2.50. The first-order valence-electron chi connectivity index (χ1n) is 15.6. The van der Waals surface area contributed by atoms with Crippen molar-refractivity contribution in [3.05, 3.63) is 129 Å². The molecule has 0 radical (unpaired) electrons. The van der Waals surface area contributed by atoms with Gasteiger partial charge >= 0.3 is 11.8 Å². The number of nitrogens with one attached hydrogen (secondary N) is 2. The van der Waals surface area contributed by atoms with E-state index in [2.05, 4.69) is 15.3 Å². The number of aryl methyl sites for hydroxylation is 1. The van der Waals surface area contributed by atoms with Crippen molar-refractivity contribution in [3.8, 4) is 0 Å². The zero-order valence-electron chi connectivity index (χ0n) is 25.9. The molecule has 48 heavy (non-hydrogen) atoms. The average Bonchev–Trinajstić information content (AvgIpc) is 3.83. The Balaban J connectivity index is 1.25. The first-order valence-corrected chi connectivity index (χ1v) is 15.6. The first-order chi connectivity index (χ1) is 23.2. The Hall–Kier alpha value is -5.88. The Bertz CT molecular complexity index is 2080. The van der Waals surface area contributed by atoms with E-state index in [4.69, 9.17) is 0 Å². The van der Waals surface area contributed by atoms with Crippen LogP contribution in [0.1, 0.15) is 34.1 Å². The number of likely N-dealkylation sites (tertiary alicyclic amines) is 1. The van der Waals surface area contributed by atoms with Crippen LogP contribution in [0.25, 0.3) is 23.1 Å². The van der Waals surface area contributed by atoms with Crippen LogP contribution in [-0.2, 0) is 27.3 Å². The zero-order valence-corrected chi connectivity index (χ0v) is 25.9. The highest BCUT2D eigenvalue weighted by atomic mass is 16.6. The number of H-pyrrole nitrogens is 1. The number of carboxylic acid groups (broad SMARTS) is 1. The fourth-order valence-corrected chi connectivity index (χ4v) is 7.23. The number of carboxylic acids is 1. The van der Waals surface area contributed by atoms with Gasteiger partial charge in [0.25, 0.3) is 0 Å². The van der Waals surface area contributed by atoms with Gasteiger partial charge in [0, 0.05) is 36.5 Å². The molecule has 2 amide bonds. The molecule has 2 aliphatic heterocycles. The first kappa shape index (κ1) is 30.8. The molecule has 3 aromatic carbocycles. The summed E-state index contributed by atoms with van der Waals surface area (Å²) in [4.78, 5) is 61.1. The maximum absolute atomic E-state index is 14.2. The molecule has 0 aliphatic carbocycles. The van der Waals surface area contributed by atoms with Crippen molar-refractivity contribution in [2.45, 2.75) is 31.5 Å². The fourth-order valence-electron chi connectivity index (χ4n) is 7.23. The molecule has 4 atom stereocenters. The van der Waals surface area contributed by atoms with Crippen LogP contribution in [0.2, 0.25) is 0 Å². The highest BCUT2D eigenvalue weighted by molar-refractivity contribution is 6.09. The molecular formula is C36H32N6O6. The van der Waals surface area contributed by atoms with Crippen LogP contribution >= 0.6 is 0 Å². The number of benzene rings is 3. The fraction of sp³-hybridized carbons (Fsp3) is 0.222. The summed E-state index contributed by atoms with van der Waals surface area (Å²) in [6, 6.07) is 24.1. The molecule has 12 heteroatoms. The van der Waals surface area contributed by atoms with Gasteiger partial charge in [-0.3, -0.25) is 24.6 Å². The van der Waals surface area contributed by atoms with Gasteiger partial charge in [-0.1, -0.05) is 84.9 Å². The summed E-state index contributed by atoms with van der Waals surface area (Å²) in [5, 5.41) is 26.6. The van der Waals surface area contributed by atoms with Gasteiger partial charge < -0.3 is 20.2 Å². The van der Waals surface area contributed by atoms with Gasteiger partial charge in [0.05, 0.1) is 18.4 Å². The maximum Gasteiger partial charge on any atom is 0.342 e. The van der Waals surface area contributed by atoms with Crippen molar-refractivity contribution in [1.29, 1.82) is 0 Å². The van der Waals surface area contributed by atoms with Gasteiger partial charge in [-0.25, -0.2) is 9.55 Å². The van der Waals surface area contributed by atoms with E-state index in [1.807, 2.05) is 91.0 Å². The lowest BCUT2D eigenvalue weighted by Gasteiger charge is -2.31. The molecule has 0 spiro atoms. The van der Waals surface area contributed by atoms with Crippen LogP contribution in [0.5, 0.6) is 0 Å². The number of aliphatic carboxylic acids is 1. The van der Waals surface area contributed by atoms with Crippen molar-refractivity contribution < 1.29 is 24.4 Å². The predicted molar refractivity (Wildman–Crippen MR) is 177 cm³/mol. The standard InChI is InChI=1S/C36H32N6O6/c1-22-37-21-29(42(47)48)40(22)17-18-41-33(43)30-31(34(41)44)36(35(45)46,19-26-20-38-28-10-6-5-9-27(26)28)39-32(30)25-15-13-24(14-16-25)12-11-23-7-3-2-4-8-23/h2-16,20-21,30-32,38-39H,17-19H2,1H3,(H,45,46)/b12-11+. The molecule has 7 rings (SSSR count). The van der Waals surface area contributed by atoms with Gasteiger partial charge in [0.2, 0.25) is 11.8 Å². The number of nitro groups is 1. The topological polar surface area (TPSA) is 163 Å². The van der Waals surface area contributed by atoms with E-state index in [1.54, 1.807) is 13.1 Å². The third-order valence-corrected chi connectivity index (χ3v) is 9.60. The Kier molecular flexibility index (Phi) is 7.72. The Morgan fingerprint density at radius 3 is 2.38 bits per heavy atom. The Labute approximate surface area is 274 Å². The molecule has 2 saturated heterocycles. The molecule has 2 aliphatic rings. The van der Waals surface area contributed by atoms with Gasteiger partial charge in [0.15, 0.2) is 5.82 Å². The van der Waals surface area contributed by atoms with Crippen molar-refractivity contribution in [2.75, 3.05) is 6.54 Å². The predicted octanol–water partition coefficient (Wildman–Crippen LogP) is 4.76. The second-order valence-corrected chi connectivity index (χ2v) is 12.2. The summed E-state index contributed by atoms with van der Waals surface area (Å²) >= 11 is 0. The van der Waals surface area contributed by atoms with Crippen LogP contribution in [0.15, 0.2) is 91.3 Å². The van der Waals surface area contributed by atoms with Gasteiger partial charge in [0.1, 0.15) is 18.3 Å². The van der Waals surface area contributed by atoms with Crippen LogP contribution < -0.4 is 5.32 Å². The second-order valence-electron chi connectivity index (χ2n) is 12.2. The summed E-state index contributed by atoms with van der Waals surface area (Å²) in [5.74, 6) is -4.51. The summed E-state index contributed by atoms with van der Waals surface area (Å²) in [5.41, 5.74) is 2.33. The van der Waals surface area contributed by atoms with Crippen LogP contribution in [0.4, 0.5) is 5.82 Å². The number of fused-ring (bicyclic) bond motifs is 2. The number of amides is 2. The number of imidazole rings is 1. The largest absolute Gasteiger partial charge is 0.480 e. The number of imide groups is 1. The minimum Gasteiger partial charge on any atom is -0.480 e. The van der Waals surface area contributed by atoms with E-state index < -0.39 is 46.1 Å². The third kappa shape index (κ3) is 5.16. The highest BCUT2D eigenvalue weighted by Gasteiger charge is 2.68. The average molecular weight is 645 g/mol. The van der Waals surface area contributed by atoms with Crippen LogP contribution in [0.3, 0.4) is 0 Å². The number of nitrogens with zero attached hydrogens (tertiary/aromatic N) is 4. The number of aromatic nitrogens is 3. The lowest BCUT2D eigenvalue weighted by molar-refractivity contribution is -0.392. The smallest absolute Gasteiger partial charge is 0.342 e. The van der Waals surface area contributed by atoms with Crippen molar-refractivity contribution >= 4 is 46.7 Å². The normalized spacial score (nSPS) is 22.2. The van der Waals surface area contributed by atoms with Crippen molar-refractivity contribution in [1.82, 2.24) is 24.8 Å². The quantitative estimate of drug-likeness (QED) is 0.0848. The summed E-state index contributed by atoms with van der Waals surface area (Å²) in [7, 11) is 0.